The molecular formula is C20H27N3O2. The van der Waals surface area contributed by atoms with Gasteiger partial charge in [0.2, 0.25) is 0 Å². The fraction of sp³-hybridized carbons (Fsp3) is 0.450. The molecule has 1 amide bonds. The number of rotatable bonds is 4. The van der Waals surface area contributed by atoms with Gasteiger partial charge in [-0.2, -0.15) is 0 Å². The van der Waals surface area contributed by atoms with Gasteiger partial charge >= 0.3 is 0 Å². The van der Waals surface area contributed by atoms with Crippen LogP contribution in [0, 0.1) is 0 Å². The first-order valence-corrected chi connectivity index (χ1v) is 8.93. The molecule has 1 saturated heterocycles. The first-order valence-electron chi connectivity index (χ1n) is 8.93. The molecule has 2 heterocycles. The quantitative estimate of drug-likeness (QED) is 0.883. The number of carbonyl (C=O) groups is 1. The van der Waals surface area contributed by atoms with Gasteiger partial charge in [-0.15, -0.1) is 0 Å². The Morgan fingerprint density at radius 2 is 1.88 bits per heavy atom. The van der Waals surface area contributed by atoms with Crippen LogP contribution in [0.4, 0.5) is 11.4 Å². The number of morpholine rings is 1. The van der Waals surface area contributed by atoms with Gasteiger partial charge in [0.15, 0.2) is 0 Å². The minimum atomic E-state index is -0.0771. The predicted octanol–water partition coefficient (Wildman–Crippen LogP) is 4.00. The molecule has 2 aromatic rings. The first-order chi connectivity index (χ1) is 12.0. The third kappa shape index (κ3) is 3.87. The fourth-order valence-electron chi connectivity index (χ4n) is 3.48. The van der Waals surface area contributed by atoms with Gasteiger partial charge in [-0.25, -0.2) is 0 Å². The fourth-order valence-corrected chi connectivity index (χ4v) is 3.48. The van der Waals surface area contributed by atoms with Crippen LogP contribution >= 0.6 is 0 Å². The van der Waals surface area contributed by atoms with Gasteiger partial charge in [0.1, 0.15) is 0 Å². The predicted molar refractivity (Wildman–Crippen MR) is 101 cm³/mol. The van der Waals surface area contributed by atoms with Crippen LogP contribution in [0.5, 0.6) is 0 Å². The Kier molecular flexibility index (Phi) is 5.13. The number of ether oxygens (including phenoxy) is 1. The third-order valence-electron chi connectivity index (χ3n) is 4.51. The molecule has 25 heavy (non-hydrogen) atoms. The van der Waals surface area contributed by atoms with E-state index in [4.69, 9.17) is 4.74 Å². The molecule has 3 rings (SSSR count). The van der Waals surface area contributed by atoms with Crippen LogP contribution in [0.2, 0.25) is 0 Å². The number of H-pyrrole nitrogens is 1. The Bertz CT molecular complexity index is 728. The number of hydrogen-bond donors (Lipinski definition) is 2. The summed E-state index contributed by atoms with van der Waals surface area (Å²) in [6.07, 6.45) is 2.16. The molecule has 5 heteroatoms. The standard InChI is InChI=1S/C20H27N3O2/c1-13(2)19-16(9-10-21-19)20(24)22-17-7-5-6-8-18(17)23-11-14(3)25-15(4)12-23/h5-10,13-15,21H,11-12H2,1-4H3,(H,22,24). The zero-order valence-corrected chi connectivity index (χ0v) is 15.4. The Labute approximate surface area is 149 Å². The summed E-state index contributed by atoms with van der Waals surface area (Å²) in [4.78, 5) is 18.3. The van der Waals surface area contributed by atoms with Gasteiger partial charge in [0.05, 0.1) is 29.1 Å². The molecule has 0 saturated carbocycles. The SMILES string of the molecule is CC1CN(c2ccccc2NC(=O)c2cc[nH]c2C(C)C)CC(C)O1. The lowest BCUT2D eigenvalue weighted by atomic mass is 10.1. The molecule has 1 fully saturated rings. The number of carbonyl (C=O) groups excluding carboxylic acids is 1. The highest BCUT2D eigenvalue weighted by Crippen LogP contribution is 2.29. The lowest BCUT2D eigenvalue weighted by Crippen LogP contribution is -2.45. The lowest BCUT2D eigenvalue weighted by Gasteiger charge is -2.37. The van der Waals surface area contributed by atoms with Crippen LogP contribution in [0.3, 0.4) is 0 Å². The highest BCUT2D eigenvalue weighted by atomic mass is 16.5. The van der Waals surface area contributed by atoms with E-state index in [1.165, 1.54) is 0 Å². The maximum atomic E-state index is 12.8. The second-order valence-electron chi connectivity index (χ2n) is 7.09. The number of aromatic nitrogens is 1. The molecular weight excluding hydrogens is 314 g/mol. The van der Waals surface area contributed by atoms with Crippen LogP contribution in [-0.4, -0.2) is 36.2 Å². The van der Waals surface area contributed by atoms with Gasteiger partial charge in [-0.05, 0) is 38.0 Å². The first kappa shape index (κ1) is 17.5. The molecule has 0 bridgehead atoms. The monoisotopic (exact) mass is 341 g/mol. The van der Waals surface area contributed by atoms with Crippen molar-refractivity contribution in [2.75, 3.05) is 23.3 Å². The van der Waals surface area contributed by atoms with Gasteiger partial charge in [-0.3, -0.25) is 4.79 Å². The number of aromatic amines is 1. The Hall–Kier alpha value is -2.27. The Morgan fingerprint density at radius 1 is 1.20 bits per heavy atom. The molecule has 134 valence electrons. The molecule has 0 aliphatic carbocycles. The van der Waals surface area contributed by atoms with Crippen LogP contribution < -0.4 is 10.2 Å². The summed E-state index contributed by atoms with van der Waals surface area (Å²) >= 11 is 0. The van der Waals surface area contributed by atoms with Crippen molar-refractivity contribution in [1.82, 2.24) is 4.98 Å². The smallest absolute Gasteiger partial charge is 0.257 e. The van der Waals surface area contributed by atoms with Crippen LogP contribution in [0.15, 0.2) is 36.5 Å². The van der Waals surface area contributed by atoms with Crippen molar-refractivity contribution in [3.63, 3.8) is 0 Å². The molecule has 0 spiro atoms. The molecule has 1 aromatic heterocycles. The highest BCUT2D eigenvalue weighted by molar-refractivity contribution is 6.06. The summed E-state index contributed by atoms with van der Waals surface area (Å²) in [5, 5.41) is 3.09. The second-order valence-corrected chi connectivity index (χ2v) is 7.09. The summed E-state index contributed by atoms with van der Waals surface area (Å²) < 4.78 is 5.83. The second kappa shape index (κ2) is 7.31. The topological polar surface area (TPSA) is 57.4 Å². The maximum absolute atomic E-state index is 12.8. The summed E-state index contributed by atoms with van der Waals surface area (Å²) in [6, 6.07) is 9.81. The average molecular weight is 341 g/mol. The van der Waals surface area contributed by atoms with Crippen molar-refractivity contribution in [2.24, 2.45) is 0 Å². The molecule has 1 aromatic carbocycles. The van der Waals surface area contributed by atoms with Crippen molar-refractivity contribution >= 4 is 17.3 Å². The third-order valence-corrected chi connectivity index (χ3v) is 4.51. The molecule has 0 radical (unpaired) electrons. The zero-order chi connectivity index (χ0) is 18.0. The van der Waals surface area contributed by atoms with E-state index in [2.05, 4.69) is 49.0 Å². The van der Waals surface area contributed by atoms with Crippen LogP contribution in [-0.2, 0) is 4.74 Å². The van der Waals surface area contributed by atoms with E-state index in [1.807, 2.05) is 30.5 Å². The van der Waals surface area contributed by atoms with Gasteiger partial charge in [0, 0.05) is 25.0 Å². The number of para-hydroxylation sites is 2. The molecule has 2 N–H and O–H groups in total. The molecule has 5 nitrogen and oxygen atoms in total. The summed E-state index contributed by atoms with van der Waals surface area (Å²) in [6.45, 7) is 9.95. The number of anilines is 2. The van der Waals surface area contributed by atoms with Gasteiger partial charge in [0.25, 0.3) is 5.91 Å². The zero-order valence-electron chi connectivity index (χ0n) is 15.4. The van der Waals surface area contributed by atoms with Gasteiger partial charge < -0.3 is 19.9 Å². The van der Waals surface area contributed by atoms with E-state index in [0.29, 0.717) is 5.56 Å². The highest BCUT2D eigenvalue weighted by Gasteiger charge is 2.24. The number of nitrogens with zero attached hydrogens (tertiary/aromatic N) is 1. The number of nitrogens with one attached hydrogen (secondary N) is 2. The van der Waals surface area contributed by atoms with E-state index in [9.17, 15) is 4.79 Å². The molecule has 2 unspecified atom stereocenters. The minimum absolute atomic E-state index is 0.0771. The van der Waals surface area contributed by atoms with E-state index in [1.54, 1.807) is 0 Å². The molecule has 1 aliphatic heterocycles. The number of benzene rings is 1. The lowest BCUT2D eigenvalue weighted by molar-refractivity contribution is -0.00517. The van der Waals surface area contributed by atoms with Crippen molar-refractivity contribution in [3.8, 4) is 0 Å². The molecule has 1 aliphatic rings. The van der Waals surface area contributed by atoms with Crippen molar-refractivity contribution in [1.29, 1.82) is 0 Å². The minimum Gasteiger partial charge on any atom is -0.372 e. The average Bonchev–Trinajstić information content (AvgIpc) is 3.04. The summed E-state index contributed by atoms with van der Waals surface area (Å²) in [5.41, 5.74) is 3.54. The van der Waals surface area contributed by atoms with Crippen LogP contribution in [0.25, 0.3) is 0 Å². The Balaban J connectivity index is 1.84. The van der Waals surface area contributed by atoms with E-state index in [0.717, 1.165) is 30.2 Å². The maximum Gasteiger partial charge on any atom is 0.257 e. The van der Waals surface area contributed by atoms with Crippen LogP contribution in [0.1, 0.15) is 49.7 Å². The normalized spacial score (nSPS) is 20.8. The molecule has 2 atom stereocenters. The van der Waals surface area contributed by atoms with Crippen molar-refractivity contribution in [2.45, 2.75) is 45.8 Å². The van der Waals surface area contributed by atoms with E-state index in [-0.39, 0.29) is 24.0 Å². The Morgan fingerprint density at radius 3 is 2.56 bits per heavy atom. The van der Waals surface area contributed by atoms with Crippen molar-refractivity contribution < 1.29 is 9.53 Å². The van der Waals surface area contributed by atoms with E-state index >= 15 is 0 Å². The number of amides is 1. The number of hydrogen-bond acceptors (Lipinski definition) is 3. The largest absolute Gasteiger partial charge is 0.372 e. The summed E-state index contributed by atoms with van der Waals surface area (Å²) in [7, 11) is 0. The van der Waals surface area contributed by atoms with Gasteiger partial charge in [-0.1, -0.05) is 26.0 Å². The van der Waals surface area contributed by atoms with E-state index < -0.39 is 0 Å². The van der Waals surface area contributed by atoms with Crippen molar-refractivity contribution in [3.05, 3.63) is 47.8 Å². The summed E-state index contributed by atoms with van der Waals surface area (Å²) in [5.74, 6) is 0.193.